The number of nitrogens with zero attached hydrogens (tertiary/aromatic N) is 2. The maximum atomic E-state index is 4.21. The molecule has 0 spiro atoms. The van der Waals surface area contributed by atoms with Gasteiger partial charge >= 0.3 is 0 Å². The number of rotatable bonds is 0. The predicted octanol–water partition coefficient (Wildman–Crippen LogP) is 1.40. The van der Waals surface area contributed by atoms with E-state index in [2.05, 4.69) is 9.97 Å². The van der Waals surface area contributed by atoms with E-state index in [1.807, 2.05) is 20.8 Å². The Labute approximate surface area is 73.0 Å². The number of aryl methyl sites for hydroxylation is 3. The Hall–Kier alpha value is -0.336. The molecule has 0 saturated heterocycles. The summed E-state index contributed by atoms with van der Waals surface area (Å²) in [5, 5.41) is 0. The second-order valence-electron chi connectivity index (χ2n) is 2.18. The summed E-state index contributed by atoms with van der Waals surface area (Å²) in [6.07, 6.45) is 1.78. The van der Waals surface area contributed by atoms with Crippen molar-refractivity contribution in [3.63, 3.8) is 0 Å². The second kappa shape index (κ2) is 3.74. The zero-order valence-corrected chi connectivity index (χ0v) is 7.82. The molecule has 10 heavy (non-hydrogen) atoms. The molecule has 0 saturated carbocycles. The van der Waals surface area contributed by atoms with Crippen molar-refractivity contribution < 1.29 is 18.6 Å². The molecule has 0 fully saturated rings. The van der Waals surface area contributed by atoms with E-state index in [0.29, 0.717) is 0 Å². The van der Waals surface area contributed by atoms with E-state index < -0.39 is 0 Å². The van der Waals surface area contributed by atoms with Gasteiger partial charge in [0.2, 0.25) is 0 Å². The van der Waals surface area contributed by atoms with Crippen molar-refractivity contribution in [1.82, 2.24) is 9.97 Å². The third-order valence-electron chi connectivity index (χ3n) is 1.31. The van der Waals surface area contributed by atoms with E-state index in [0.717, 1.165) is 17.1 Å². The average molecular weight is 173 g/mol. The van der Waals surface area contributed by atoms with E-state index in [-0.39, 0.29) is 18.6 Å². The number of aromatic nitrogens is 2. The van der Waals surface area contributed by atoms with Crippen LogP contribution in [0.2, 0.25) is 0 Å². The normalized spacial score (nSPS) is 8.70. The minimum atomic E-state index is 0. The average Bonchev–Trinajstić information content (AvgIpc) is 1.80. The maximum Gasteiger partial charge on any atom is 0.0588 e. The monoisotopic (exact) mass is 173 g/mol. The van der Waals surface area contributed by atoms with Gasteiger partial charge in [0.1, 0.15) is 0 Å². The first kappa shape index (κ1) is 9.66. The van der Waals surface area contributed by atoms with Crippen LogP contribution in [0.25, 0.3) is 0 Å². The van der Waals surface area contributed by atoms with E-state index in [4.69, 9.17) is 0 Å². The van der Waals surface area contributed by atoms with Crippen molar-refractivity contribution in [3.05, 3.63) is 23.3 Å². The molecule has 53 valence electrons. The molecule has 0 unspecified atom stereocenters. The third-order valence-corrected chi connectivity index (χ3v) is 1.31. The van der Waals surface area contributed by atoms with Crippen LogP contribution in [0.3, 0.4) is 0 Å². The van der Waals surface area contributed by atoms with Crippen molar-refractivity contribution in [2.45, 2.75) is 20.8 Å². The molecule has 0 atom stereocenters. The van der Waals surface area contributed by atoms with Crippen LogP contribution in [0.4, 0.5) is 0 Å². The number of hydrogen-bond acceptors (Lipinski definition) is 2. The zero-order chi connectivity index (χ0) is 6.85. The molecule has 0 aliphatic rings. The molecule has 3 heteroatoms. The molecular weight excluding hydrogens is 163 g/mol. The second-order valence-corrected chi connectivity index (χ2v) is 2.18. The van der Waals surface area contributed by atoms with Crippen LogP contribution < -0.4 is 0 Å². The van der Waals surface area contributed by atoms with Gasteiger partial charge in [0.15, 0.2) is 0 Å². The van der Waals surface area contributed by atoms with Gasteiger partial charge in [0, 0.05) is 24.8 Å². The summed E-state index contributed by atoms with van der Waals surface area (Å²) in [4.78, 5) is 8.33. The Kier molecular flexibility index (Phi) is 3.62. The van der Waals surface area contributed by atoms with E-state index in [1.54, 1.807) is 6.20 Å². The van der Waals surface area contributed by atoms with Crippen LogP contribution in [-0.2, 0) is 18.6 Å². The van der Waals surface area contributed by atoms with Crippen molar-refractivity contribution in [3.8, 4) is 0 Å². The molecule has 0 aliphatic heterocycles. The van der Waals surface area contributed by atoms with Crippen molar-refractivity contribution in [2.75, 3.05) is 0 Å². The molecule has 1 aromatic rings. The predicted molar refractivity (Wildman–Crippen MR) is 36.2 cm³/mol. The van der Waals surface area contributed by atoms with Gasteiger partial charge in [0.05, 0.1) is 17.1 Å². The Bertz CT molecular complexity index is 223. The molecule has 1 rings (SSSR count). The van der Waals surface area contributed by atoms with Crippen LogP contribution in [0.15, 0.2) is 6.20 Å². The molecule has 2 nitrogen and oxygen atoms in total. The first-order chi connectivity index (χ1) is 4.20. The quantitative estimate of drug-likeness (QED) is 0.592. The van der Waals surface area contributed by atoms with Crippen LogP contribution in [0.1, 0.15) is 17.1 Å². The van der Waals surface area contributed by atoms with Crippen molar-refractivity contribution in [2.24, 2.45) is 0 Å². The van der Waals surface area contributed by atoms with Gasteiger partial charge < -0.3 is 0 Å². The SMILES string of the molecule is Cc1cnc(C)c(C)n1.[V]. The van der Waals surface area contributed by atoms with Crippen molar-refractivity contribution in [1.29, 1.82) is 0 Å². The summed E-state index contributed by atoms with van der Waals surface area (Å²) in [5.41, 5.74) is 3.02. The van der Waals surface area contributed by atoms with Gasteiger partial charge in [-0.2, -0.15) is 0 Å². The Morgan fingerprint density at radius 1 is 1.10 bits per heavy atom. The first-order valence-corrected chi connectivity index (χ1v) is 2.97. The summed E-state index contributed by atoms with van der Waals surface area (Å²) in [6, 6.07) is 0. The Morgan fingerprint density at radius 3 is 2.10 bits per heavy atom. The molecule has 1 radical (unpaired) electrons. The smallest absolute Gasteiger partial charge is 0.0588 e. The molecule has 0 N–H and O–H groups in total. The van der Waals surface area contributed by atoms with E-state index in [1.165, 1.54) is 0 Å². The van der Waals surface area contributed by atoms with E-state index in [9.17, 15) is 0 Å². The molecule has 0 aliphatic carbocycles. The molecule has 0 bridgehead atoms. The van der Waals surface area contributed by atoms with Crippen molar-refractivity contribution >= 4 is 0 Å². The topological polar surface area (TPSA) is 25.8 Å². The first-order valence-electron chi connectivity index (χ1n) is 2.97. The summed E-state index contributed by atoms with van der Waals surface area (Å²) in [5.74, 6) is 0. The zero-order valence-electron chi connectivity index (χ0n) is 6.42. The van der Waals surface area contributed by atoms with E-state index >= 15 is 0 Å². The maximum absolute atomic E-state index is 4.21. The van der Waals surface area contributed by atoms with Gasteiger partial charge in [-0.05, 0) is 20.8 Å². The minimum Gasteiger partial charge on any atom is -0.258 e. The fourth-order valence-corrected chi connectivity index (χ4v) is 0.658. The molecule has 1 aromatic heterocycles. The van der Waals surface area contributed by atoms with Crippen LogP contribution in [0.5, 0.6) is 0 Å². The molecule has 0 amide bonds. The summed E-state index contributed by atoms with van der Waals surface area (Å²) >= 11 is 0. The largest absolute Gasteiger partial charge is 0.258 e. The minimum absolute atomic E-state index is 0. The molecule has 1 heterocycles. The summed E-state index contributed by atoms with van der Waals surface area (Å²) < 4.78 is 0. The van der Waals surface area contributed by atoms with Crippen LogP contribution in [0, 0.1) is 20.8 Å². The van der Waals surface area contributed by atoms with Crippen LogP contribution >= 0.6 is 0 Å². The van der Waals surface area contributed by atoms with Gasteiger partial charge in [-0.25, -0.2) is 0 Å². The van der Waals surface area contributed by atoms with Gasteiger partial charge in [-0.1, -0.05) is 0 Å². The summed E-state index contributed by atoms with van der Waals surface area (Å²) in [6.45, 7) is 5.87. The van der Waals surface area contributed by atoms with Gasteiger partial charge in [0.25, 0.3) is 0 Å². The van der Waals surface area contributed by atoms with Gasteiger partial charge in [-0.3, -0.25) is 9.97 Å². The summed E-state index contributed by atoms with van der Waals surface area (Å²) in [7, 11) is 0. The molecule has 0 aromatic carbocycles. The Morgan fingerprint density at radius 2 is 1.70 bits per heavy atom. The van der Waals surface area contributed by atoms with Gasteiger partial charge in [-0.15, -0.1) is 0 Å². The third kappa shape index (κ3) is 2.12. The fraction of sp³-hybridized carbons (Fsp3) is 0.429. The standard InChI is InChI=1S/C7H10N2.V/c1-5-4-8-6(2)7(3)9-5;/h4H,1-3H3;. The van der Waals surface area contributed by atoms with Crippen LogP contribution in [-0.4, -0.2) is 9.97 Å². The molecular formula is C7H10N2V. The fourth-order valence-electron chi connectivity index (χ4n) is 0.658. The Balaban J connectivity index is 0.000000810. The number of hydrogen-bond donors (Lipinski definition) is 0.